The molecule has 1 fully saturated rings. The first-order chi connectivity index (χ1) is 14.6. The van der Waals surface area contributed by atoms with Gasteiger partial charge in [-0.25, -0.2) is 4.98 Å². The lowest BCUT2D eigenvalue weighted by molar-refractivity contribution is -0.132. The summed E-state index contributed by atoms with van der Waals surface area (Å²) in [7, 11) is 0. The van der Waals surface area contributed by atoms with E-state index in [2.05, 4.69) is 4.98 Å². The molecule has 1 aliphatic heterocycles. The zero-order valence-electron chi connectivity index (χ0n) is 16.3. The topological polar surface area (TPSA) is 79.7 Å². The fourth-order valence-corrected chi connectivity index (χ4v) is 4.09. The number of Topliss-reactive ketones (excluding diaryl/α,β-unsaturated/α-hetero) is 1. The minimum absolute atomic E-state index is 0.0361. The van der Waals surface area contributed by atoms with Crippen LogP contribution in [0.4, 0.5) is 5.13 Å². The van der Waals surface area contributed by atoms with Crippen LogP contribution in [0.15, 0.2) is 71.7 Å². The molecule has 1 atom stereocenters. The summed E-state index contributed by atoms with van der Waals surface area (Å²) in [6.45, 7) is 2.57. The number of aliphatic hydroxyl groups is 1. The molecule has 3 aromatic rings. The number of ether oxygens (including phenoxy) is 1. The van der Waals surface area contributed by atoms with Crippen molar-refractivity contribution >= 4 is 33.9 Å². The van der Waals surface area contributed by atoms with Crippen LogP contribution in [0.25, 0.3) is 5.76 Å². The van der Waals surface area contributed by atoms with Crippen LogP contribution in [-0.4, -0.2) is 28.4 Å². The van der Waals surface area contributed by atoms with Gasteiger partial charge in [-0.2, -0.15) is 0 Å². The molecule has 1 N–H and O–H groups in total. The largest absolute Gasteiger partial charge is 0.507 e. The van der Waals surface area contributed by atoms with E-state index in [1.165, 1.54) is 16.2 Å². The molecule has 0 aliphatic carbocycles. The van der Waals surface area contributed by atoms with Gasteiger partial charge in [-0.15, -0.1) is 11.3 Å². The van der Waals surface area contributed by atoms with E-state index in [1.54, 1.807) is 41.9 Å². The molecule has 7 heteroatoms. The van der Waals surface area contributed by atoms with Crippen molar-refractivity contribution < 1.29 is 19.4 Å². The van der Waals surface area contributed by atoms with E-state index in [0.717, 1.165) is 6.42 Å². The smallest absolute Gasteiger partial charge is 0.301 e. The maximum absolute atomic E-state index is 13.0. The third kappa shape index (κ3) is 3.59. The number of carbonyl (C=O) groups excluding carboxylic acids is 2. The highest BCUT2D eigenvalue weighted by molar-refractivity contribution is 7.14. The number of hydrogen-bond acceptors (Lipinski definition) is 6. The Balaban J connectivity index is 1.89. The van der Waals surface area contributed by atoms with Crippen LogP contribution in [0.3, 0.4) is 0 Å². The van der Waals surface area contributed by atoms with E-state index in [-0.39, 0.29) is 11.3 Å². The summed E-state index contributed by atoms with van der Waals surface area (Å²) in [4.78, 5) is 31.5. The third-order valence-electron chi connectivity index (χ3n) is 4.76. The van der Waals surface area contributed by atoms with Gasteiger partial charge in [-0.05, 0) is 24.1 Å². The molecular formula is C23H20N2O4S. The number of carbonyl (C=O) groups is 2. The number of rotatable bonds is 6. The van der Waals surface area contributed by atoms with Gasteiger partial charge in [0.2, 0.25) is 0 Å². The van der Waals surface area contributed by atoms with Crippen molar-refractivity contribution in [1.29, 1.82) is 0 Å². The number of aromatic nitrogens is 1. The Labute approximate surface area is 178 Å². The van der Waals surface area contributed by atoms with Gasteiger partial charge >= 0.3 is 5.91 Å². The standard InChI is InChI=1S/C23H20N2O4S/c1-2-12-29-17-10-6-9-16(14-17)19-18(20(26)15-7-4-3-5-8-15)21(27)22(28)25(19)23-24-11-13-30-23/h3-11,13-14,19,26H,2,12H2,1H3/b20-18+. The molecule has 1 aliphatic rings. The van der Waals surface area contributed by atoms with E-state index in [9.17, 15) is 14.7 Å². The quantitative estimate of drug-likeness (QED) is 0.359. The SMILES string of the molecule is CCCOc1cccc(C2/C(=C(\O)c3ccccc3)C(=O)C(=O)N2c2nccs2)c1. The minimum atomic E-state index is -0.804. The normalized spacial score (nSPS) is 18.0. The van der Waals surface area contributed by atoms with Crippen molar-refractivity contribution in [1.82, 2.24) is 4.98 Å². The van der Waals surface area contributed by atoms with Gasteiger partial charge in [0.15, 0.2) is 5.13 Å². The molecule has 1 amide bonds. The summed E-state index contributed by atoms with van der Waals surface area (Å²) in [5, 5.41) is 13.1. The van der Waals surface area contributed by atoms with E-state index in [1.807, 2.05) is 31.2 Å². The van der Waals surface area contributed by atoms with E-state index in [4.69, 9.17) is 4.74 Å². The highest BCUT2D eigenvalue weighted by Gasteiger charge is 2.48. The van der Waals surface area contributed by atoms with Crippen LogP contribution in [0.5, 0.6) is 5.75 Å². The Morgan fingerprint density at radius 3 is 2.67 bits per heavy atom. The Hall–Kier alpha value is -3.45. The zero-order chi connectivity index (χ0) is 21.1. The minimum Gasteiger partial charge on any atom is -0.507 e. The van der Waals surface area contributed by atoms with E-state index >= 15 is 0 Å². The fourth-order valence-electron chi connectivity index (χ4n) is 3.43. The van der Waals surface area contributed by atoms with Crippen molar-refractivity contribution in [3.63, 3.8) is 0 Å². The highest BCUT2D eigenvalue weighted by atomic mass is 32.1. The summed E-state index contributed by atoms with van der Waals surface area (Å²) >= 11 is 1.26. The predicted octanol–water partition coefficient (Wildman–Crippen LogP) is 4.56. The van der Waals surface area contributed by atoms with E-state index in [0.29, 0.717) is 28.6 Å². The molecule has 30 heavy (non-hydrogen) atoms. The van der Waals surface area contributed by atoms with Gasteiger partial charge in [0.25, 0.3) is 5.78 Å². The lowest BCUT2D eigenvalue weighted by Crippen LogP contribution is -2.29. The third-order valence-corrected chi connectivity index (χ3v) is 5.53. The van der Waals surface area contributed by atoms with Crippen LogP contribution in [0.2, 0.25) is 0 Å². The molecule has 0 radical (unpaired) electrons. The van der Waals surface area contributed by atoms with Gasteiger partial charge < -0.3 is 9.84 Å². The number of hydrogen-bond donors (Lipinski definition) is 1. The summed E-state index contributed by atoms with van der Waals surface area (Å²) in [6, 6.07) is 15.2. The first-order valence-corrected chi connectivity index (χ1v) is 10.5. The summed E-state index contributed by atoms with van der Waals surface area (Å²) in [5.74, 6) is -1.03. The van der Waals surface area contributed by atoms with Gasteiger partial charge in [0, 0.05) is 17.1 Å². The molecule has 0 saturated carbocycles. The molecule has 2 aromatic carbocycles. The Bertz CT molecular complexity index is 1090. The van der Waals surface area contributed by atoms with E-state index < -0.39 is 17.7 Å². The van der Waals surface area contributed by atoms with Gasteiger partial charge in [-0.3, -0.25) is 14.5 Å². The molecule has 1 aromatic heterocycles. The van der Waals surface area contributed by atoms with Crippen LogP contribution >= 0.6 is 11.3 Å². The second-order valence-corrected chi connectivity index (χ2v) is 7.64. The van der Waals surface area contributed by atoms with Crippen molar-refractivity contribution in [3.05, 3.63) is 82.9 Å². The molecular weight excluding hydrogens is 400 g/mol. The second-order valence-electron chi connectivity index (χ2n) is 6.77. The predicted molar refractivity (Wildman–Crippen MR) is 116 cm³/mol. The number of amides is 1. The van der Waals surface area contributed by atoms with Crippen LogP contribution in [-0.2, 0) is 9.59 Å². The lowest BCUT2D eigenvalue weighted by Gasteiger charge is -2.23. The Morgan fingerprint density at radius 1 is 1.17 bits per heavy atom. The average molecular weight is 420 g/mol. The molecule has 6 nitrogen and oxygen atoms in total. The molecule has 0 spiro atoms. The van der Waals surface area contributed by atoms with Crippen molar-refractivity contribution in [2.75, 3.05) is 11.5 Å². The summed E-state index contributed by atoms with van der Waals surface area (Å²) < 4.78 is 5.74. The molecule has 2 heterocycles. The average Bonchev–Trinajstić information content (AvgIpc) is 3.39. The second kappa shape index (κ2) is 8.51. The maximum atomic E-state index is 13.0. The van der Waals surface area contributed by atoms with Crippen LogP contribution in [0, 0.1) is 0 Å². The van der Waals surface area contributed by atoms with Gasteiger partial charge in [-0.1, -0.05) is 49.4 Å². The van der Waals surface area contributed by atoms with Gasteiger partial charge in [0.1, 0.15) is 11.5 Å². The first-order valence-electron chi connectivity index (χ1n) is 9.60. The summed E-state index contributed by atoms with van der Waals surface area (Å²) in [6.07, 6.45) is 2.43. The number of anilines is 1. The lowest BCUT2D eigenvalue weighted by atomic mass is 9.95. The van der Waals surface area contributed by atoms with Crippen LogP contribution in [0.1, 0.15) is 30.5 Å². The highest BCUT2D eigenvalue weighted by Crippen LogP contribution is 2.43. The van der Waals surface area contributed by atoms with Crippen molar-refractivity contribution in [2.45, 2.75) is 19.4 Å². The van der Waals surface area contributed by atoms with Crippen molar-refractivity contribution in [3.8, 4) is 5.75 Å². The summed E-state index contributed by atoms with van der Waals surface area (Å²) in [5.41, 5.74) is 1.17. The number of benzene rings is 2. The number of ketones is 1. The monoisotopic (exact) mass is 420 g/mol. The number of nitrogens with zero attached hydrogens (tertiary/aromatic N) is 2. The van der Waals surface area contributed by atoms with Crippen LogP contribution < -0.4 is 9.64 Å². The fraction of sp³-hybridized carbons (Fsp3) is 0.174. The molecule has 0 bridgehead atoms. The first kappa shape index (κ1) is 19.8. The Morgan fingerprint density at radius 2 is 1.97 bits per heavy atom. The molecule has 152 valence electrons. The maximum Gasteiger partial charge on any atom is 0.301 e. The molecule has 1 saturated heterocycles. The molecule has 1 unspecified atom stereocenters. The number of thiazole rings is 1. The van der Waals surface area contributed by atoms with Crippen molar-refractivity contribution in [2.24, 2.45) is 0 Å². The number of aliphatic hydroxyl groups excluding tert-OH is 1. The zero-order valence-corrected chi connectivity index (χ0v) is 17.1. The molecule has 4 rings (SSSR count). The van der Waals surface area contributed by atoms with Gasteiger partial charge in [0.05, 0.1) is 18.2 Å². The Kier molecular flexibility index (Phi) is 5.63.